The van der Waals surface area contributed by atoms with Gasteiger partial charge in [0.1, 0.15) is 0 Å². The molecule has 1 aliphatic carbocycles. The van der Waals surface area contributed by atoms with Crippen LogP contribution in [0.5, 0.6) is 0 Å². The Labute approximate surface area is 50.0 Å². The van der Waals surface area contributed by atoms with E-state index in [0.717, 1.165) is 12.8 Å². The lowest BCUT2D eigenvalue weighted by Crippen LogP contribution is -2.27. The van der Waals surface area contributed by atoms with Gasteiger partial charge in [-0.25, -0.2) is 5.90 Å². The first-order chi connectivity index (χ1) is 3.77. The zero-order valence-corrected chi connectivity index (χ0v) is 5.31. The average Bonchev–Trinajstić information content (AvgIpc) is 2.17. The summed E-state index contributed by atoms with van der Waals surface area (Å²) >= 11 is 0. The molecule has 2 N–H and O–H groups in total. The lowest BCUT2D eigenvalue weighted by atomic mass is 10.1. The smallest absolute Gasteiger partial charge is 0.0865 e. The minimum absolute atomic E-state index is 0.0139. The van der Waals surface area contributed by atoms with E-state index in [-0.39, 0.29) is 5.60 Å². The summed E-state index contributed by atoms with van der Waals surface area (Å²) in [5.74, 6) is 5.07. The molecule has 0 aromatic carbocycles. The summed E-state index contributed by atoms with van der Waals surface area (Å²) in [5.41, 5.74) is 0.0139. The van der Waals surface area contributed by atoms with Crippen LogP contribution in [0.1, 0.15) is 32.6 Å². The molecule has 0 saturated heterocycles. The maximum absolute atomic E-state index is 5.07. The molecule has 0 aromatic heterocycles. The van der Waals surface area contributed by atoms with Crippen molar-refractivity contribution < 1.29 is 4.84 Å². The molecule has 8 heavy (non-hydrogen) atoms. The number of hydrogen-bond acceptors (Lipinski definition) is 2. The highest BCUT2D eigenvalue weighted by atomic mass is 16.6. The Kier molecular flexibility index (Phi) is 1.54. The monoisotopic (exact) mass is 115 g/mol. The molecule has 0 heterocycles. The topological polar surface area (TPSA) is 35.2 Å². The third-order valence-electron chi connectivity index (χ3n) is 1.95. The standard InChI is InChI=1S/C6H13NO/c1-6(8-7)4-2-3-5-6/h2-5,7H2,1H3. The quantitative estimate of drug-likeness (QED) is 0.521. The van der Waals surface area contributed by atoms with E-state index < -0.39 is 0 Å². The highest BCUT2D eigenvalue weighted by Gasteiger charge is 2.28. The lowest BCUT2D eigenvalue weighted by Gasteiger charge is -2.18. The number of nitrogens with two attached hydrogens (primary N) is 1. The molecule has 0 unspecified atom stereocenters. The molecule has 0 bridgehead atoms. The van der Waals surface area contributed by atoms with Crippen LogP contribution in [0.15, 0.2) is 0 Å². The Bertz CT molecular complexity index is 76.6. The number of rotatable bonds is 1. The highest BCUT2D eigenvalue weighted by molar-refractivity contribution is 4.80. The predicted molar refractivity (Wildman–Crippen MR) is 32.1 cm³/mol. The van der Waals surface area contributed by atoms with Gasteiger partial charge in [-0.05, 0) is 19.8 Å². The molecule has 1 fully saturated rings. The van der Waals surface area contributed by atoms with Gasteiger partial charge in [-0.3, -0.25) is 4.84 Å². The first-order valence-electron chi connectivity index (χ1n) is 3.15. The molecule has 0 aliphatic heterocycles. The van der Waals surface area contributed by atoms with Crippen molar-refractivity contribution in [3.63, 3.8) is 0 Å². The molecule has 0 aromatic rings. The molecule has 0 spiro atoms. The fourth-order valence-electron chi connectivity index (χ4n) is 1.24. The zero-order valence-electron chi connectivity index (χ0n) is 5.31. The van der Waals surface area contributed by atoms with E-state index in [4.69, 9.17) is 10.7 Å². The highest BCUT2D eigenvalue weighted by Crippen LogP contribution is 2.30. The van der Waals surface area contributed by atoms with Gasteiger partial charge in [0, 0.05) is 0 Å². The average molecular weight is 115 g/mol. The molecule has 2 heteroatoms. The van der Waals surface area contributed by atoms with Gasteiger partial charge in [-0.15, -0.1) is 0 Å². The van der Waals surface area contributed by atoms with Crippen LogP contribution in [0.2, 0.25) is 0 Å². The van der Waals surface area contributed by atoms with Crippen molar-refractivity contribution in [1.29, 1.82) is 0 Å². The Morgan fingerprint density at radius 3 is 2.12 bits per heavy atom. The van der Waals surface area contributed by atoms with Crippen LogP contribution in [-0.4, -0.2) is 5.60 Å². The minimum Gasteiger partial charge on any atom is -0.298 e. The Morgan fingerprint density at radius 2 is 1.88 bits per heavy atom. The fraction of sp³-hybridized carbons (Fsp3) is 1.00. The van der Waals surface area contributed by atoms with E-state index in [2.05, 4.69) is 6.92 Å². The summed E-state index contributed by atoms with van der Waals surface area (Å²) in [5, 5.41) is 0. The third kappa shape index (κ3) is 1.01. The van der Waals surface area contributed by atoms with Crippen molar-refractivity contribution in [2.24, 2.45) is 5.90 Å². The van der Waals surface area contributed by atoms with Crippen molar-refractivity contribution in [3.8, 4) is 0 Å². The van der Waals surface area contributed by atoms with Crippen LogP contribution in [0.3, 0.4) is 0 Å². The Balaban J connectivity index is 2.40. The molecule has 48 valence electrons. The van der Waals surface area contributed by atoms with Gasteiger partial charge in [0.15, 0.2) is 0 Å². The van der Waals surface area contributed by atoms with Crippen LogP contribution >= 0.6 is 0 Å². The zero-order chi connectivity index (χ0) is 6.04. The van der Waals surface area contributed by atoms with Gasteiger partial charge < -0.3 is 0 Å². The van der Waals surface area contributed by atoms with E-state index >= 15 is 0 Å². The molecule has 0 atom stereocenters. The maximum atomic E-state index is 5.07. The van der Waals surface area contributed by atoms with Gasteiger partial charge >= 0.3 is 0 Å². The first-order valence-corrected chi connectivity index (χ1v) is 3.15. The molecular formula is C6H13NO. The van der Waals surface area contributed by atoms with Crippen molar-refractivity contribution in [2.75, 3.05) is 0 Å². The SMILES string of the molecule is CC1(ON)CCCC1. The normalized spacial score (nSPS) is 26.2. The molecular weight excluding hydrogens is 102 g/mol. The largest absolute Gasteiger partial charge is 0.298 e. The Hall–Kier alpha value is -0.0800. The molecule has 1 aliphatic rings. The fourth-order valence-corrected chi connectivity index (χ4v) is 1.24. The van der Waals surface area contributed by atoms with Crippen LogP contribution < -0.4 is 5.90 Å². The van der Waals surface area contributed by atoms with Crippen LogP contribution in [0.25, 0.3) is 0 Å². The molecule has 0 radical (unpaired) electrons. The summed E-state index contributed by atoms with van der Waals surface area (Å²) in [6.07, 6.45) is 4.80. The van der Waals surface area contributed by atoms with Crippen LogP contribution in [-0.2, 0) is 4.84 Å². The van der Waals surface area contributed by atoms with E-state index in [1.54, 1.807) is 0 Å². The second-order valence-electron chi connectivity index (χ2n) is 2.77. The summed E-state index contributed by atoms with van der Waals surface area (Å²) in [4.78, 5) is 4.80. The maximum Gasteiger partial charge on any atom is 0.0865 e. The summed E-state index contributed by atoms with van der Waals surface area (Å²) < 4.78 is 0. The van der Waals surface area contributed by atoms with Crippen molar-refractivity contribution >= 4 is 0 Å². The van der Waals surface area contributed by atoms with E-state index in [9.17, 15) is 0 Å². The second-order valence-corrected chi connectivity index (χ2v) is 2.77. The molecule has 1 saturated carbocycles. The summed E-state index contributed by atoms with van der Waals surface area (Å²) in [7, 11) is 0. The molecule has 0 amide bonds. The lowest BCUT2D eigenvalue weighted by molar-refractivity contribution is -0.0281. The van der Waals surface area contributed by atoms with Gasteiger partial charge in [0.2, 0.25) is 0 Å². The van der Waals surface area contributed by atoms with E-state index in [1.807, 2.05) is 0 Å². The summed E-state index contributed by atoms with van der Waals surface area (Å²) in [6, 6.07) is 0. The molecule has 2 nitrogen and oxygen atoms in total. The summed E-state index contributed by atoms with van der Waals surface area (Å²) in [6.45, 7) is 2.07. The third-order valence-corrected chi connectivity index (χ3v) is 1.95. The molecule has 1 rings (SSSR count). The van der Waals surface area contributed by atoms with Crippen LogP contribution in [0, 0.1) is 0 Å². The van der Waals surface area contributed by atoms with Crippen LogP contribution in [0.4, 0.5) is 0 Å². The van der Waals surface area contributed by atoms with E-state index in [1.165, 1.54) is 12.8 Å². The van der Waals surface area contributed by atoms with Crippen molar-refractivity contribution in [3.05, 3.63) is 0 Å². The van der Waals surface area contributed by atoms with Gasteiger partial charge in [-0.2, -0.15) is 0 Å². The van der Waals surface area contributed by atoms with Crippen molar-refractivity contribution in [2.45, 2.75) is 38.2 Å². The minimum atomic E-state index is 0.0139. The number of hydrogen-bond donors (Lipinski definition) is 1. The van der Waals surface area contributed by atoms with E-state index in [0.29, 0.717) is 0 Å². The van der Waals surface area contributed by atoms with Gasteiger partial charge in [0.25, 0.3) is 0 Å². The second kappa shape index (κ2) is 2.03. The Morgan fingerprint density at radius 1 is 1.38 bits per heavy atom. The van der Waals surface area contributed by atoms with Crippen molar-refractivity contribution in [1.82, 2.24) is 0 Å². The predicted octanol–water partition coefficient (Wildman–Crippen LogP) is 1.21. The van der Waals surface area contributed by atoms with Gasteiger partial charge in [0.05, 0.1) is 5.60 Å². The first kappa shape index (κ1) is 6.05. The van der Waals surface area contributed by atoms with Gasteiger partial charge in [-0.1, -0.05) is 12.8 Å².